The minimum absolute atomic E-state index is 0.0769. The smallest absolute Gasteiger partial charge is 0.310 e. The van der Waals surface area contributed by atoms with Gasteiger partial charge in [-0.3, -0.25) is 4.79 Å². The Morgan fingerprint density at radius 2 is 1.81 bits per heavy atom. The van der Waals surface area contributed by atoms with E-state index in [2.05, 4.69) is 0 Å². The van der Waals surface area contributed by atoms with Crippen LogP contribution in [-0.2, 0) is 19.0 Å². The first-order valence-corrected chi connectivity index (χ1v) is 11.0. The molecule has 0 aromatic rings. The summed E-state index contributed by atoms with van der Waals surface area (Å²) in [6.45, 7) is 4.69. The fourth-order valence-corrected chi connectivity index (χ4v) is 6.52. The predicted molar refractivity (Wildman–Crippen MR) is 103 cm³/mol. The lowest BCUT2D eigenvalue weighted by Crippen LogP contribution is -2.61. The van der Waals surface area contributed by atoms with Crippen LogP contribution in [0.3, 0.4) is 0 Å². The first-order valence-electron chi connectivity index (χ1n) is 11.0. The van der Waals surface area contributed by atoms with Crippen LogP contribution in [0, 0.1) is 29.1 Å². The van der Waals surface area contributed by atoms with E-state index in [0.717, 1.165) is 0 Å². The Kier molecular flexibility index (Phi) is 5.92. The van der Waals surface area contributed by atoms with Crippen molar-refractivity contribution in [3.8, 4) is 0 Å². The molecule has 0 aromatic carbocycles. The van der Waals surface area contributed by atoms with Crippen LogP contribution in [0.25, 0.3) is 0 Å². The van der Waals surface area contributed by atoms with Gasteiger partial charge in [0.25, 0.3) is 0 Å². The molecule has 0 radical (unpaired) electrons. The molecule has 6 N–H and O–H groups in total. The van der Waals surface area contributed by atoms with E-state index in [0.29, 0.717) is 12.8 Å². The molecule has 2 heterocycles. The van der Waals surface area contributed by atoms with Crippen LogP contribution in [0.15, 0.2) is 0 Å². The van der Waals surface area contributed by atoms with Crippen molar-refractivity contribution in [3.63, 3.8) is 0 Å². The van der Waals surface area contributed by atoms with Gasteiger partial charge in [-0.15, -0.1) is 0 Å². The van der Waals surface area contributed by atoms with Crippen LogP contribution < -0.4 is 0 Å². The lowest BCUT2D eigenvalue weighted by molar-refractivity contribution is -0.306. The second kappa shape index (κ2) is 7.88. The van der Waals surface area contributed by atoms with Gasteiger partial charge in [-0.25, -0.2) is 0 Å². The highest BCUT2D eigenvalue weighted by Gasteiger charge is 2.70. The minimum atomic E-state index is -1.53. The minimum Gasteiger partial charge on any atom is -0.459 e. The number of aliphatic hydroxyl groups excluding tert-OH is 5. The molecular formula is C21H34O10. The molecule has 31 heavy (non-hydrogen) atoms. The average Bonchev–Trinajstić information content (AvgIpc) is 3.20. The van der Waals surface area contributed by atoms with Crippen LogP contribution in [0.5, 0.6) is 0 Å². The third kappa shape index (κ3) is 3.43. The van der Waals surface area contributed by atoms with Gasteiger partial charge in [0.1, 0.15) is 30.5 Å². The Balaban J connectivity index is 1.51. The molecule has 2 saturated carbocycles. The third-order valence-electron chi connectivity index (χ3n) is 8.28. The average molecular weight is 446 g/mol. The topological polar surface area (TPSA) is 166 Å². The molecule has 0 unspecified atom stereocenters. The number of rotatable bonds is 5. The molecule has 2 aliphatic carbocycles. The van der Waals surface area contributed by atoms with E-state index in [1.807, 2.05) is 6.92 Å². The highest BCUT2D eigenvalue weighted by Crippen LogP contribution is 2.63. The van der Waals surface area contributed by atoms with Gasteiger partial charge in [-0.2, -0.15) is 0 Å². The number of fused-ring (bicyclic) bond motifs is 4. The van der Waals surface area contributed by atoms with Crippen molar-refractivity contribution in [2.24, 2.45) is 29.1 Å². The maximum absolute atomic E-state index is 12.6. The zero-order valence-corrected chi connectivity index (χ0v) is 18.0. The van der Waals surface area contributed by atoms with Crippen LogP contribution in [-0.4, -0.2) is 98.3 Å². The summed E-state index contributed by atoms with van der Waals surface area (Å²) in [5, 5.41) is 61.3. The van der Waals surface area contributed by atoms with Crippen LogP contribution >= 0.6 is 0 Å². The van der Waals surface area contributed by atoms with Crippen molar-refractivity contribution in [2.75, 3.05) is 13.2 Å². The number of carbonyl (C=O) groups excluding carboxylic acids is 1. The number of hydrogen-bond donors (Lipinski definition) is 6. The van der Waals surface area contributed by atoms with Gasteiger partial charge in [0.15, 0.2) is 6.29 Å². The van der Waals surface area contributed by atoms with E-state index in [4.69, 9.17) is 14.2 Å². The van der Waals surface area contributed by atoms with E-state index in [1.54, 1.807) is 13.8 Å². The quantitative estimate of drug-likeness (QED) is 0.264. The van der Waals surface area contributed by atoms with Gasteiger partial charge < -0.3 is 44.8 Å². The lowest BCUT2D eigenvalue weighted by atomic mass is 9.54. The van der Waals surface area contributed by atoms with Crippen molar-refractivity contribution in [1.29, 1.82) is 0 Å². The third-order valence-corrected chi connectivity index (χ3v) is 8.28. The molecule has 12 atom stereocenters. The van der Waals surface area contributed by atoms with Crippen LogP contribution in [0.4, 0.5) is 0 Å². The van der Waals surface area contributed by atoms with E-state index < -0.39 is 72.4 Å². The molecule has 2 aliphatic heterocycles. The Morgan fingerprint density at radius 3 is 2.42 bits per heavy atom. The molecule has 0 spiro atoms. The normalized spacial score (nSPS) is 52.2. The van der Waals surface area contributed by atoms with Gasteiger partial charge in [0.05, 0.1) is 30.8 Å². The van der Waals surface area contributed by atoms with E-state index in [1.165, 1.54) is 0 Å². The van der Waals surface area contributed by atoms with Gasteiger partial charge >= 0.3 is 5.97 Å². The molecule has 178 valence electrons. The maximum atomic E-state index is 12.6. The lowest BCUT2D eigenvalue weighted by Gasteiger charge is -2.51. The van der Waals surface area contributed by atoms with Crippen molar-refractivity contribution in [2.45, 2.75) is 82.1 Å². The summed E-state index contributed by atoms with van der Waals surface area (Å²) in [6, 6.07) is 0. The summed E-state index contributed by atoms with van der Waals surface area (Å²) in [7, 11) is 0. The van der Waals surface area contributed by atoms with Gasteiger partial charge in [0, 0.05) is 11.3 Å². The molecule has 0 aromatic heterocycles. The second-order valence-corrected chi connectivity index (χ2v) is 10.3. The predicted octanol–water partition coefficient (Wildman–Crippen LogP) is -1.86. The molecule has 2 bridgehead atoms. The zero-order chi connectivity index (χ0) is 22.9. The van der Waals surface area contributed by atoms with Crippen molar-refractivity contribution < 1.29 is 49.6 Å². The Hall–Kier alpha value is -0.850. The van der Waals surface area contributed by atoms with Gasteiger partial charge in [0.2, 0.25) is 0 Å². The van der Waals surface area contributed by atoms with Crippen molar-refractivity contribution >= 4 is 5.97 Å². The summed E-state index contributed by atoms with van der Waals surface area (Å²) in [5.41, 5.74) is -1.90. The summed E-state index contributed by atoms with van der Waals surface area (Å²) in [4.78, 5) is 12.6. The first kappa shape index (κ1) is 23.3. The van der Waals surface area contributed by atoms with Crippen molar-refractivity contribution in [3.05, 3.63) is 0 Å². The SMILES string of the molecule is CC(C)(O)[C@H]1[C@@H]2OC(=O)[C@H]1[C@H]1CC[C@H](CO[C@@H]3O[C@@H](CO)[C@@H](O)[C@H](O)[C@@H]3O)[C@@]1(C)[C@H]2O. The van der Waals surface area contributed by atoms with Crippen LogP contribution in [0.1, 0.15) is 33.6 Å². The van der Waals surface area contributed by atoms with E-state index >= 15 is 0 Å². The maximum Gasteiger partial charge on any atom is 0.310 e. The Bertz CT molecular complexity index is 692. The summed E-state index contributed by atoms with van der Waals surface area (Å²) >= 11 is 0. The number of carbonyl (C=O) groups is 1. The van der Waals surface area contributed by atoms with Gasteiger partial charge in [-0.05, 0) is 38.5 Å². The van der Waals surface area contributed by atoms with Crippen LogP contribution in [0.2, 0.25) is 0 Å². The molecule has 4 aliphatic rings. The molecule has 10 nitrogen and oxygen atoms in total. The standard InChI is InChI=1S/C21H34O10/c1-20(2,28)12-11-9-5-4-8(21(9,3)17(26)16(12)31-18(11)27)7-29-19-15(25)14(24)13(23)10(6-22)30-19/h8-17,19,22-26,28H,4-7H2,1-3H3/t8-,9-,10+,11+,12-,13-,14+,15+,16+,17+,19-,21-/m1/s1. The second-order valence-electron chi connectivity index (χ2n) is 10.3. The highest BCUT2D eigenvalue weighted by atomic mass is 16.7. The molecule has 10 heteroatoms. The number of esters is 1. The largest absolute Gasteiger partial charge is 0.459 e. The molecule has 2 saturated heterocycles. The highest BCUT2D eigenvalue weighted by molar-refractivity contribution is 5.77. The van der Waals surface area contributed by atoms with Crippen molar-refractivity contribution in [1.82, 2.24) is 0 Å². The number of hydrogen-bond acceptors (Lipinski definition) is 10. The Morgan fingerprint density at radius 1 is 1.13 bits per heavy atom. The first-order chi connectivity index (χ1) is 14.4. The Labute approximate surface area is 180 Å². The molecular weight excluding hydrogens is 412 g/mol. The summed E-state index contributed by atoms with van der Waals surface area (Å²) in [6.07, 6.45) is -7.32. The summed E-state index contributed by atoms with van der Waals surface area (Å²) in [5.74, 6) is -1.80. The fraction of sp³-hybridized carbons (Fsp3) is 0.952. The molecule has 4 fully saturated rings. The zero-order valence-electron chi connectivity index (χ0n) is 18.0. The van der Waals surface area contributed by atoms with E-state index in [9.17, 15) is 35.4 Å². The summed E-state index contributed by atoms with van der Waals surface area (Å²) < 4.78 is 16.7. The van der Waals surface area contributed by atoms with Gasteiger partial charge in [-0.1, -0.05) is 6.92 Å². The van der Waals surface area contributed by atoms with E-state index in [-0.39, 0.29) is 24.4 Å². The monoisotopic (exact) mass is 446 g/mol. The molecule has 4 rings (SSSR count). The fourth-order valence-electron chi connectivity index (χ4n) is 6.52. The molecule has 0 amide bonds. The number of ether oxygens (including phenoxy) is 3. The number of aliphatic hydroxyl groups is 6.